The van der Waals surface area contributed by atoms with E-state index in [4.69, 9.17) is 0 Å². The van der Waals surface area contributed by atoms with Crippen molar-refractivity contribution in [3.63, 3.8) is 0 Å². The van der Waals surface area contributed by atoms with Crippen LogP contribution >= 0.6 is 11.8 Å². The summed E-state index contributed by atoms with van der Waals surface area (Å²) in [4.78, 5) is 11.3. The van der Waals surface area contributed by atoms with Gasteiger partial charge in [0.05, 0.1) is 18.6 Å². The number of anilines is 1. The molecule has 0 aromatic heterocycles. The van der Waals surface area contributed by atoms with Crippen LogP contribution in [0, 0.1) is 13.8 Å². The summed E-state index contributed by atoms with van der Waals surface area (Å²) in [5, 5.41) is 3.11. The first-order valence-electron chi connectivity index (χ1n) is 5.76. The molecule has 0 fully saturated rings. The van der Waals surface area contributed by atoms with Crippen molar-refractivity contribution in [1.29, 1.82) is 0 Å². The SMILES string of the molecule is COC(=O)CSC1=NS(=O)(=O)c2c(C)cc(C)cc2N1. The Bertz CT molecular complexity index is 696. The first-order chi connectivity index (χ1) is 9.33. The normalized spacial score (nSPS) is 15.8. The number of carbonyl (C=O) groups is 1. The molecular formula is C12H14N2O4S2. The zero-order valence-corrected chi connectivity index (χ0v) is 12.9. The highest BCUT2D eigenvalue weighted by atomic mass is 32.2. The summed E-state index contributed by atoms with van der Waals surface area (Å²) in [7, 11) is -2.47. The Kier molecular flexibility index (Phi) is 4.05. The summed E-state index contributed by atoms with van der Waals surface area (Å²) in [5.41, 5.74) is 2.08. The van der Waals surface area contributed by atoms with Gasteiger partial charge in [0.15, 0.2) is 5.17 Å². The number of thioether (sulfide) groups is 1. The number of methoxy groups -OCH3 is 1. The van der Waals surface area contributed by atoms with E-state index in [2.05, 4.69) is 14.5 Å². The minimum atomic E-state index is -3.74. The van der Waals surface area contributed by atoms with Crippen molar-refractivity contribution in [3.8, 4) is 0 Å². The number of aryl methyl sites for hydroxylation is 2. The first kappa shape index (κ1) is 14.9. The molecule has 1 aromatic rings. The monoisotopic (exact) mass is 314 g/mol. The lowest BCUT2D eigenvalue weighted by Crippen LogP contribution is -2.21. The van der Waals surface area contributed by atoms with Gasteiger partial charge in [0, 0.05) is 0 Å². The lowest BCUT2D eigenvalue weighted by atomic mass is 10.1. The van der Waals surface area contributed by atoms with E-state index in [1.165, 1.54) is 7.11 Å². The Morgan fingerprint density at radius 3 is 2.75 bits per heavy atom. The number of nitrogens with zero attached hydrogens (tertiary/aromatic N) is 1. The molecule has 1 aromatic carbocycles. The van der Waals surface area contributed by atoms with Crippen LogP contribution in [0.3, 0.4) is 0 Å². The molecule has 2 rings (SSSR count). The summed E-state index contributed by atoms with van der Waals surface area (Å²) in [5.74, 6) is -0.444. The van der Waals surface area contributed by atoms with E-state index in [1.807, 2.05) is 6.92 Å². The van der Waals surface area contributed by atoms with Crippen molar-refractivity contribution < 1.29 is 17.9 Å². The number of hydrogen-bond acceptors (Lipinski definition) is 6. The van der Waals surface area contributed by atoms with Crippen LogP contribution < -0.4 is 5.32 Å². The van der Waals surface area contributed by atoms with Crippen LogP contribution in [0.1, 0.15) is 11.1 Å². The van der Waals surface area contributed by atoms with Crippen LogP contribution in [0.25, 0.3) is 0 Å². The number of amidine groups is 1. The maximum absolute atomic E-state index is 12.2. The van der Waals surface area contributed by atoms with Crippen LogP contribution in [-0.4, -0.2) is 32.4 Å². The van der Waals surface area contributed by atoms with Crippen molar-refractivity contribution in [2.75, 3.05) is 18.2 Å². The average Bonchev–Trinajstić information content (AvgIpc) is 2.33. The third-order valence-corrected chi connectivity index (χ3v) is 5.12. The van der Waals surface area contributed by atoms with Gasteiger partial charge in [-0.3, -0.25) is 4.79 Å². The van der Waals surface area contributed by atoms with Gasteiger partial charge >= 0.3 is 5.97 Å². The van der Waals surface area contributed by atoms with Crippen LogP contribution in [0.15, 0.2) is 21.4 Å². The molecule has 0 aliphatic carbocycles. The Labute approximate surface area is 121 Å². The van der Waals surface area contributed by atoms with Crippen LogP contribution in [0.5, 0.6) is 0 Å². The fourth-order valence-electron chi connectivity index (χ4n) is 1.93. The van der Waals surface area contributed by atoms with Gasteiger partial charge in [-0.1, -0.05) is 17.8 Å². The molecule has 0 radical (unpaired) electrons. The number of hydrogen-bond donors (Lipinski definition) is 1. The number of benzene rings is 1. The predicted molar refractivity (Wildman–Crippen MR) is 78.6 cm³/mol. The molecule has 20 heavy (non-hydrogen) atoms. The zero-order valence-electron chi connectivity index (χ0n) is 11.3. The van der Waals surface area contributed by atoms with E-state index in [0.717, 1.165) is 17.3 Å². The smallest absolute Gasteiger partial charge is 0.316 e. The minimum absolute atomic E-state index is 0.00200. The Morgan fingerprint density at radius 2 is 2.10 bits per heavy atom. The van der Waals surface area contributed by atoms with Crippen molar-refractivity contribution in [2.24, 2.45) is 4.40 Å². The fraction of sp³-hybridized carbons (Fsp3) is 0.333. The summed E-state index contributed by atoms with van der Waals surface area (Å²) in [6, 6.07) is 3.54. The van der Waals surface area contributed by atoms with Gasteiger partial charge in [-0.2, -0.15) is 8.42 Å². The second-order valence-corrected chi connectivity index (χ2v) is 6.82. The Balaban J connectivity index is 2.35. The number of sulfonamides is 1. The van der Waals surface area contributed by atoms with E-state index in [0.29, 0.717) is 11.3 Å². The van der Waals surface area contributed by atoms with Gasteiger partial charge < -0.3 is 10.1 Å². The standard InChI is InChI=1S/C12H14N2O4S2/c1-7-4-8(2)11-9(5-7)13-12(14-20(11,16)17)19-6-10(15)18-3/h4-5H,6H2,1-3H3,(H,13,14). The molecule has 8 heteroatoms. The van der Waals surface area contributed by atoms with E-state index in [9.17, 15) is 13.2 Å². The van der Waals surface area contributed by atoms with Gasteiger partial charge in [0.25, 0.3) is 10.0 Å². The molecule has 1 aliphatic rings. The number of ether oxygens (including phenoxy) is 1. The van der Waals surface area contributed by atoms with Crippen molar-refractivity contribution >= 4 is 38.6 Å². The fourth-order valence-corrected chi connectivity index (χ4v) is 4.20. The lowest BCUT2D eigenvalue weighted by molar-refractivity contribution is -0.137. The molecule has 108 valence electrons. The van der Waals surface area contributed by atoms with Gasteiger partial charge in [-0.25, -0.2) is 0 Å². The third-order valence-electron chi connectivity index (χ3n) is 2.68. The number of carbonyl (C=O) groups excluding carboxylic acids is 1. The van der Waals surface area contributed by atoms with Crippen LogP contribution in [-0.2, 0) is 19.6 Å². The topological polar surface area (TPSA) is 84.8 Å². The number of rotatable bonds is 2. The van der Waals surface area contributed by atoms with E-state index < -0.39 is 16.0 Å². The van der Waals surface area contributed by atoms with Crippen LogP contribution in [0.4, 0.5) is 5.69 Å². The van der Waals surface area contributed by atoms with Gasteiger partial charge in [0.2, 0.25) is 0 Å². The maximum atomic E-state index is 12.2. The third kappa shape index (κ3) is 2.96. The highest BCUT2D eigenvalue weighted by molar-refractivity contribution is 8.15. The molecule has 0 amide bonds. The highest BCUT2D eigenvalue weighted by Gasteiger charge is 2.27. The predicted octanol–water partition coefficient (Wildman–Crippen LogP) is 1.68. The number of nitrogens with one attached hydrogen (secondary N) is 1. The molecule has 0 atom stereocenters. The summed E-state index contributed by atoms with van der Waals surface area (Å²) in [6.45, 7) is 3.61. The van der Waals surface area contributed by atoms with E-state index in [-0.39, 0.29) is 15.8 Å². The molecule has 1 heterocycles. The maximum Gasteiger partial charge on any atom is 0.316 e. The molecule has 0 spiro atoms. The average molecular weight is 314 g/mol. The molecule has 0 saturated heterocycles. The largest absolute Gasteiger partial charge is 0.468 e. The van der Waals surface area contributed by atoms with Gasteiger partial charge in [0.1, 0.15) is 4.90 Å². The molecular weight excluding hydrogens is 300 g/mol. The molecule has 0 saturated carbocycles. The van der Waals surface area contributed by atoms with Gasteiger partial charge in [-0.05, 0) is 31.0 Å². The molecule has 0 bridgehead atoms. The highest BCUT2D eigenvalue weighted by Crippen LogP contribution is 2.33. The summed E-state index contributed by atoms with van der Waals surface area (Å²) < 4.78 is 32.5. The minimum Gasteiger partial charge on any atom is -0.468 e. The Morgan fingerprint density at radius 1 is 1.40 bits per heavy atom. The van der Waals surface area contributed by atoms with Gasteiger partial charge in [-0.15, -0.1) is 4.40 Å². The second-order valence-electron chi connectivity index (χ2n) is 4.32. The van der Waals surface area contributed by atoms with Crippen molar-refractivity contribution in [1.82, 2.24) is 0 Å². The second kappa shape index (κ2) is 5.45. The van der Waals surface area contributed by atoms with Crippen molar-refractivity contribution in [2.45, 2.75) is 18.7 Å². The van der Waals surface area contributed by atoms with E-state index >= 15 is 0 Å². The first-order valence-corrected chi connectivity index (χ1v) is 8.19. The molecule has 6 nitrogen and oxygen atoms in total. The zero-order chi connectivity index (χ0) is 14.9. The summed E-state index contributed by atoms with van der Waals surface area (Å²) >= 11 is 0.993. The number of esters is 1. The quantitative estimate of drug-likeness (QED) is 0.836. The van der Waals surface area contributed by atoms with E-state index in [1.54, 1.807) is 19.1 Å². The number of fused-ring (bicyclic) bond motifs is 1. The molecule has 0 unspecified atom stereocenters. The Hall–Kier alpha value is -1.54. The molecule has 1 aliphatic heterocycles. The summed E-state index contributed by atoms with van der Waals surface area (Å²) in [6.07, 6.45) is 0. The lowest BCUT2D eigenvalue weighted by Gasteiger charge is -2.19. The van der Waals surface area contributed by atoms with Crippen LogP contribution in [0.2, 0.25) is 0 Å². The molecule has 1 N–H and O–H groups in total. The van der Waals surface area contributed by atoms with Crippen molar-refractivity contribution in [3.05, 3.63) is 23.3 Å².